The monoisotopic (exact) mass is 266 g/mol. The average molecular weight is 266 g/mol. The van der Waals surface area contributed by atoms with Gasteiger partial charge in [0, 0.05) is 40.2 Å². The highest BCUT2D eigenvalue weighted by molar-refractivity contribution is 5.73. The van der Waals surface area contributed by atoms with Crippen molar-refractivity contribution in [2.75, 3.05) is 50.6 Å². The van der Waals surface area contributed by atoms with E-state index < -0.39 is 0 Å². The van der Waals surface area contributed by atoms with Gasteiger partial charge < -0.3 is 19.9 Å². The Morgan fingerprint density at radius 3 is 2.42 bits per heavy atom. The quantitative estimate of drug-likeness (QED) is 0.796. The lowest BCUT2D eigenvalue weighted by molar-refractivity contribution is -0.129. The third kappa shape index (κ3) is 3.01. The number of carbonyl (C=O) groups is 1. The predicted octanol–water partition coefficient (Wildman–Crippen LogP) is -0.410. The fourth-order valence-corrected chi connectivity index (χ4v) is 1.91. The molecular weight excluding hydrogens is 248 g/mol. The molecule has 1 aromatic rings. The van der Waals surface area contributed by atoms with Crippen LogP contribution in [0.1, 0.15) is 6.92 Å². The summed E-state index contributed by atoms with van der Waals surface area (Å²) < 4.78 is 5.05. The van der Waals surface area contributed by atoms with Crippen molar-refractivity contribution in [2.24, 2.45) is 0 Å². The van der Waals surface area contributed by atoms with Gasteiger partial charge in [0.25, 0.3) is 0 Å². The molecule has 0 spiro atoms. The van der Waals surface area contributed by atoms with Crippen LogP contribution in [-0.4, -0.2) is 66.1 Å². The van der Waals surface area contributed by atoms with Crippen LogP contribution in [-0.2, 0) is 4.79 Å². The van der Waals surface area contributed by atoms with E-state index in [2.05, 4.69) is 20.3 Å². The van der Waals surface area contributed by atoms with Crippen molar-refractivity contribution < 1.29 is 9.53 Å². The summed E-state index contributed by atoms with van der Waals surface area (Å²) in [5.41, 5.74) is 0. The van der Waals surface area contributed by atoms with Crippen molar-refractivity contribution in [3.63, 3.8) is 0 Å². The number of hydrogen-bond donors (Lipinski definition) is 1. The van der Waals surface area contributed by atoms with Crippen molar-refractivity contribution in [3.8, 4) is 6.01 Å². The van der Waals surface area contributed by atoms with E-state index in [1.54, 1.807) is 14.0 Å². The highest BCUT2D eigenvalue weighted by atomic mass is 16.5. The first-order valence-electron chi connectivity index (χ1n) is 6.12. The zero-order valence-electron chi connectivity index (χ0n) is 11.4. The zero-order valence-corrected chi connectivity index (χ0v) is 11.4. The molecule has 0 radical (unpaired) electrons. The number of anilines is 2. The second kappa shape index (κ2) is 5.68. The van der Waals surface area contributed by atoms with Crippen LogP contribution in [0.25, 0.3) is 0 Å². The predicted molar refractivity (Wildman–Crippen MR) is 70.4 cm³/mol. The molecule has 1 amide bonds. The fourth-order valence-electron chi connectivity index (χ4n) is 1.91. The van der Waals surface area contributed by atoms with Crippen LogP contribution in [0.2, 0.25) is 0 Å². The summed E-state index contributed by atoms with van der Waals surface area (Å²) in [6.45, 7) is 4.35. The Kier molecular flexibility index (Phi) is 3.98. The molecule has 2 rings (SSSR count). The molecule has 0 unspecified atom stereocenters. The molecule has 19 heavy (non-hydrogen) atoms. The van der Waals surface area contributed by atoms with E-state index in [9.17, 15) is 4.79 Å². The maximum absolute atomic E-state index is 11.3. The van der Waals surface area contributed by atoms with Gasteiger partial charge in [0.2, 0.25) is 17.8 Å². The van der Waals surface area contributed by atoms with Crippen molar-refractivity contribution >= 4 is 17.8 Å². The molecule has 1 aliphatic rings. The molecule has 1 saturated heterocycles. The maximum atomic E-state index is 11.3. The van der Waals surface area contributed by atoms with Crippen LogP contribution in [0.5, 0.6) is 6.01 Å². The molecule has 0 bridgehead atoms. The normalized spacial score (nSPS) is 15.3. The number of methoxy groups -OCH3 is 1. The molecular formula is C11H18N6O2. The summed E-state index contributed by atoms with van der Waals surface area (Å²) in [6.07, 6.45) is 0. The summed E-state index contributed by atoms with van der Waals surface area (Å²) in [6, 6.07) is 0.281. The minimum absolute atomic E-state index is 0.101. The van der Waals surface area contributed by atoms with Crippen molar-refractivity contribution in [1.29, 1.82) is 0 Å². The molecule has 0 aliphatic carbocycles. The molecule has 0 aromatic carbocycles. The van der Waals surface area contributed by atoms with Gasteiger partial charge in [-0.1, -0.05) is 0 Å². The molecule has 1 N–H and O–H groups in total. The number of nitrogens with one attached hydrogen (secondary N) is 1. The summed E-state index contributed by atoms with van der Waals surface area (Å²) in [5, 5.41) is 2.87. The van der Waals surface area contributed by atoms with Gasteiger partial charge in [-0.15, -0.1) is 0 Å². The van der Waals surface area contributed by atoms with E-state index in [1.807, 2.05) is 9.80 Å². The Labute approximate surface area is 111 Å². The van der Waals surface area contributed by atoms with Gasteiger partial charge in [0.05, 0.1) is 7.11 Å². The van der Waals surface area contributed by atoms with Gasteiger partial charge in [0.1, 0.15) is 0 Å². The van der Waals surface area contributed by atoms with Gasteiger partial charge >= 0.3 is 6.01 Å². The lowest BCUT2D eigenvalue weighted by Crippen LogP contribution is -2.48. The van der Waals surface area contributed by atoms with Gasteiger partial charge in [-0.3, -0.25) is 4.79 Å². The molecule has 0 atom stereocenters. The zero-order chi connectivity index (χ0) is 13.8. The largest absolute Gasteiger partial charge is 0.467 e. The van der Waals surface area contributed by atoms with E-state index in [1.165, 1.54) is 7.11 Å². The van der Waals surface area contributed by atoms with Crippen LogP contribution < -0.4 is 15.0 Å². The number of ether oxygens (including phenoxy) is 1. The number of rotatable bonds is 3. The topological polar surface area (TPSA) is 83.5 Å². The minimum atomic E-state index is 0.101. The van der Waals surface area contributed by atoms with Crippen molar-refractivity contribution in [1.82, 2.24) is 19.9 Å². The van der Waals surface area contributed by atoms with Crippen LogP contribution in [0.15, 0.2) is 0 Å². The van der Waals surface area contributed by atoms with E-state index in [0.717, 1.165) is 0 Å². The van der Waals surface area contributed by atoms with Gasteiger partial charge in [-0.2, -0.15) is 15.0 Å². The molecule has 104 valence electrons. The molecule has 8 heteroatoms. The minimum Gasteiger partial charge on any atom is -0.467 e. The smallest absolute Gasteiger partial charge is 0.322 e. The number of hydrogen-bond acceptors (Lipinski definition) is 7. The van der Waals surface area contributed by atoms with E-state index in [0.29, 0.717) is 38.1 Å². The third-order valence-electron chi connectivity index (χ3n) is 3.02. The number of nitrogens with zero attached hydrogens (tertiary/aromatic N) is 5. The first kappa shape index (κ1) is 13.3. The second-order valence-corrected chi connectivity index (χ2v) is 4.19. The first-order chi connectivity index (χ1) is 9.13. The average Bonchev–Trinajstić information content (AvgIpc) is 2.46. The highest BCUT2D eigenvalue weighted by Gasteiger charge is 2.21. The van der Waals surface area contributed by atoms with Crippen molar-refractivity contribution in [2.45, 2.75) is 6.92 Å². The lowest BCUT2D eigenvalue weighted by atomic mass is 10.3. The molecule has 8 nitrogen and oxygen atoms in total. The Bertz CT molecular complexity index is 436. The van der Waals surface area contributed by atoms with Crippen LogP contribution in [0.3, 0.4) is 0 Å². The van der Waals surface area contributed by atoms with Crippen LogP contribution >= 0.6 is 0 Å². The Morgan fingerprint density at radius 1 is 1.21 bits per heavy atom. The number of amides is 1. The van der Waals surface area contributed by atoms with E-state index in [-0.39, 0.29) is 11.9 Å². The molecule has 2 heterocycles. The number of carbonyl (C=O) groups excluding carboxylic acids is 1. The number of aromatic nitrogens is 3. The van der Waals surface area contributed by atoms with Crippen LogP contribution in [0.4, 0.5) is 11.9 Å². The van der Waals surface area contributed by atoms with E-state index >= 15 is 0 Å². The first-order valence-corrected chi connectivity index (χ1v) is 6.12. The Morgan fingerprint density at radius 2 is 1.89 bits per heavy atom. The SMILES string of the molecule is CNc1nc(OC)nc(N2CCN(C(C)=O)CC2)n1. The fraction of sp³-hybridized carbons (Fsp3) is 0.636. The summed E-state index contributed by atoms with van der Waals surface area (Å²) in [5.74, 6) is 1.14. The van der Waals surface area contributed by atoms with Gasteiger partial charge in [-0.25, -0.2) is 0 Å². The third-order valence-corrected chi connectivity index (χ3v) is 3.02. The van der Waals surface area contributed by atoms with Crippen molar-refractivity contribution in [3.05, 3.63) is 0 Å². The summed E-state index contributed by atoms with van der Waals surface area (Å²) in [7, 11) is 3.26. The lowest BCUT2D eigenvalue weighted by Gasteiger charge is -2.34. The highest BCUT2D eigenvalue weighted by Crippen LogP contribution is 2.16. The number of piperazine rings is 1. The molecule has 0 saturated carbocycles. The Hall–Kier alpha value is -2.12. The second-order valence-electron chi connectivity index (χ2n) is 4.19. The standard InChI is InChI=1S/C11H18N6O2/c1-8(18)16-4-6-17(7-5-16)10-13-9(12-2)14-11(15-10)19-3/h4-7H2,1-3H3,(H,12,13,14,15). The van der Waals surface area contributed by atoms with Gasteiger partial charge in [-0.05, 0) is 0 Å². The summed E-state index contributed by atoms with van der Waals surface area (Å²) in [4.78, 5) is 27.7. The maximum Gasteiger partial charge on any atom is 0.322 e. The molecule has 1 aromatic heterocycles. The molecule has 1 aliphatic heterocycles. The molecule has 1 fully saturated rings. The van der Waals surface area contributed by atoms with Gasteiger partial charge in [0.15, 0.2) is 0 Å². The van der Waals surface area contributed by atoms with E-state index in [4.69, 9.17) is 4.74 Å². The Balaban J connectivity index is 2.12. The van der Waals surface area contributed by atoms with Crippen LogP contribution in [0, 0.1) is 0 Å². The summed E-state index contributed by atoms with van der Waals surface area (Å²) >= 11 is 0.